The minimum atomic E-state index is -5.12. The van der Waals surface area contributed by atoms with Crippen LogP contribution in [-0.4, -0.2) is 35.8 Å². The number of halogens is 3. The van der Waals surface area contributed by atoms with Crippen LogP contribution in [0, 0.1) is 5.92 Å². The number of carbonyl (C=O) groups excluding carboxylic acids is 3. The third-order valence-corrected chi connectivity index (χ3v) is 6.41. The van der Waals surface area contributed by atoms with Crippen molar-refractivity contribution in [2.75, 3.05) is 13.2 Å². The molecule has 12 heteroatoms. The predicted molar refractivity (Wildman–Crippen MR) is 147 cm³/mol. The van der Waals surface area contributed by atoms with E-state index < -0.39 is 46.5 Å². The fourth-order valence-corrected chi connectivity index (χ4v) is 4.53. The fraction of sp³-hybridized carbons (Fsp3) is 0.226. The van der Waals surface area contributed by atoms with Crippen molar-refractivity contribution in [2.24, 2.45) is 5.92 Å². The molecule has 2 heterocycles. The van der Waals surface area contributed by atoms with E-state index in [1.165, 1.54) is 42.5 Å². The molecule has 222 valence electrons. The largest absolute Gasteiger partial charge is 0.490 e. The molecule has 4 aromatic rings. The standard InChI is InChI=1S/C31H24F3NO8/c1-4-40-22-7-5-6-8-23(22)42-26-25(36)20-12-10-18(14-24(20)43-27(26)31(32,33)34)41-30(39)17-9-11-19-21(13-17)29(38)35(28(19)37)15-16(2)3/h5-14,16H,4,15H2,1-3H3. The van der Waals surface area contributed by atoms with Crippen molar-refractivity contribution in [3.8, 4) is 23.0 Å². The maximum absolute atomic E-state index is 14.0. The van der Waals surface area contributed by atoms with E-state index in [0.717, 1.165) is 17.0 Å². The first kappa shape index (κ1) is 29.4. The molecule has 1 aliphatic heterocycles. The summed E-state index contributed by atoms with van der Waals surface area (Å²) in [6.07, 6.45) is -5.12. The van der Waals surface area contributed by atoms with Gasteiger partial charge < -0.3 is 18.6 Å². The van der Waals surface area contributed by atoms with Crippen molar-refractivity contribution in [1.82, 2.24) is 4.90 Å². The molecule has 1 aromatic heterocycles. The molecule has 0 saturated heterocycles. The highest BCUT2D eigenvalue weighted by Gasteiger charge is 2.41. The Morgan fingerprint density at radius 1 is 0.930 bits per heavy atom. The number of ether oxygens (including phenoxy) is 3. The van der Waals surface area contributed by atoms with E-state index in [4.69, 9.17) is 18.6 Å². The Balaban J connectivity index is 1.46. The number of carbonyl (C=O) groups is 3. The van der Waals surface area contributed by atoms with Crippen LogP contribution >= 0.6 is 0 Å². The van der Waals surface area contributed by atoms with Crippen LogP contribution in [0.1, 0.15) is 57.6 Å². The zero-order valence-corrected chi connectivity index (χ0v) is 23.1. The lowest BCUT2D eigenvalue weighted by atomic mass is 10.1. The van der Waals surface area contributed by atoms with E-state index in [1.807, 2.05) is 13.8 Å². The Bertz CT molecular complexity index is 1830. The first-order valence-corrected chi connectivity index (χ1v) is 13.2. The number of hydrogen-bond donors (Lipinski definition) is 0. The van der Waals surface area contributed by atoms with Crippen molar-refractivity contribution in [3.05, 3.63) is 93.3 Å². The van der Waals surface area contributed by atoms with E-state index in [1.54, 1.807) is 13.0 Å². The number of fused-ring (bicyclic) bond motifs is 2. The number of esters is 1. The van der Waals surface area contributed by atoms with E-state index in [0.29, 0.717) is 0 Å². The molecular formula is C31H24F3NO8. The monoisotopic (exact) mass is 595 g/mol. The van der Waals surface area contributed by atoms with Gasteiger partial charge in [-0.3, -0.25) is 19.3 Å². The molecule has 0 saturated carbocycles. The molecule has 0 radical (unpaired) electrons. The molecule has 0 N–H and O–H groups in total. The van der Waals surface area contributed by atoms with Crippen LogP contribution < -0.4 is 19.6 Å². The molecule has 1 aliphatic rings. The van der Waals surface area contributed by atoms with E-state index in [2.05, 4.69) is 0 Å². The molecule has 43 heavy (non-hydrogen) atoms. The second-order valence-corrected chi connectivity index (χ2v) is 9.99. The van der Waals surface area contributed by atoms with Crippen LogP contribution in [0.2, 0.25) is 0 Å². The molecule has 0 bridgehead atoms. The normalized spacial score (nSPS) is 13.0. The van der Waals surface area contributed by atoms with Crippen molar-refractivity contribution < 1.29 is 46.2 Å². The first-order chi connectivity index (χ1) is 20.4. The summed E-state index contributed by atoms with van der Waals surface area (Å²) < 4.78 is 63.3. The van der Waals surface area contributed by atoms with Crippen molar-refractivity contribution in [1.29, 1.82) is 0 Å². The molecule has 5 rings (SSSR count). The summed E-state index contributed by atoms with van der Waals surface area (Å²) in [5.41, 5.74) is -1.49. The quantitative estimate of drug-likeness (QED) is 0.129. The summed E-state index contributed by atoms with van der Waals surface area (Å²) in [5.74, 6) is -4.91. The average molecular weight is 596 g/mol. The minimum absolute atomic E-state index is 0.0333. The third-order valence-electron chi connectivity index (χ3n) is 6.41. The molecule has 0 spiro atoms. The SMILES string of the molecule is CCOc1ccccc1Oc1c(C(F)(F)F)oc2cc(OC(=O)c3ccc4c(c3)C(=O)N(CC(C)C)C4=O)ccc2c1=O. The first-order valence-electron chi connectivity index (χ1n) is 13.2. The highest BCUT2D eigenvalue weighted by molar-refractivity contribution is 6.22. The summed E-state index contributed by atoms with van der Waals surface area (Å²) in [5, 5.41) is -0.261. The lowest BCUT2D eigenvalue weighted by Gasteiger charge is -2.15. The van der Waals surface area contributed by atoms with Gasteiger partial charge in [-0.15, -0.1) is 0 Å². The van der Waals surface area contributed by atoms with Gasteiger partial charge in [0.2, 0.25) is 11.2 Å². The molecular weight excluding hydrogens is 571 g/mol. The summed E-state index contributed by atoms with van der Waals surface area (Å²) in [7, 11) is 0. The zero-order chi connectivity index (χ0) is 31.1. The lowest BCUT2D eigenvalue weighted by molar-refractivity contribution is -0.154. The molecule has 0 unspecified atom stereocenters. The van der Waals surface area contributed by atoms with Crippen LogP contribution in [0.25, 0.3) is 11.0 Å². The van der Waals surface area contributed by atoms with Crippen LogP contribution in [0.5, 0.6) is 23.0 Å². The smallest absolute Gasteiger partial charge is 0.453 e. The van der Waals surface area contributed by atoms with Gasteiger partial charge in [0, 0.05) is 12.6 Å². The van der Waals surface area contributed by atoms with Gasteiger partial charge in [0.1, 0.15) is 11.3 Å². The molecule has 0 fully saturated rings. The Hall–Kier alpha value is -5.13. The number of rotatable bonds is 8. The van der Waals surface area contributed by atoms with E-state index in [-0.39, 0.29) is 58.4 Å². The van der Waals surface area contributed by atoms with E-state index >= 15 is 0 Å². The van der Waals surface area contributed by atoms with Crippen LogP contribution in [0.15, 0.2) is 69.9 Å². The average Bonchev–Trinajstić information content (AvgIpc) is 3.18. The third kappa shape index (κ3) is 5.68. The Morgan fingerprint density at radius 3 is 2.30 bits per heavy atom. The lowest BCUT2D eigenvalue weighted by Crippen LogP contribution is -2.33. The van der Waals surface area contributed by atoms with Crippen molar-refractivity contribution in [2.45, 2.75) is 26.9 Å². The molecule has 0 atom stereocenters. The number of hydrogen-bond acceptors (Lipinski definition) is 8. The van der Waals surface area contributed by atoms with E-state index in [9.17, 15) is 32.3 Å². The summed E-state index contributed by atoms with van der Waals surface area (Å²) in [6, 6.07) is 13.1. The van der Waals surface area contributed by atoms with Crippen LogP contribution in [0.4, 0.5) is 13.2 Å². The molecule has 2 amide bonds. The number of amides is 2. The minimum Gasteiger partial charge on any atom is -0.490 e. The van der Waals surface area contributed by atoms with Gasteiger partial charge in [0.15, 0.2) is 11.5 Å². The maximum atomic E-state index is 14.0. The van der Waals surface area contributed by atoms with Gasteiger partial charge in [-0.25, -0.2) is 4.79 Å². The molecule has 3 aromatic carbocycles. The summed E-state index contributed by atoms with van der Waals surface area (Å²) >= 11 is 0. The maximum Gasteiger partial charge on any atom is 0.453 e. The number of alkyl halides is 3. The van der Waals surface area contributed by atoms with Gasteiger partial charge in [-0.1, -0.05) is 26.0 Å². The van der Waals surface area contributed by atoms with Crippen molar-refractivity contribution in [3.63, 3.8) is 0 Å². The second-order valence-electron chi connectivity index (χ2n) is 9.99. The summed E-state index contributed by atoms with van der Waals surface area (Å²) in [6.45, 7) is 5.80. The van der Waals surface area contributed by atoms with Gasteiger partial charge in [0.05, 0.1) is 28.7 Å². The van der Waals surface area contributed by atoms with Gasteiger partial charge >= 0.3 is 12.1 Å². The summed E-state index contributed by atoms with van der Waals surface area (Å²) in [4.78, 5) is 52.5. The highest BCUT2D eigenvalue weighted by atomic mass is 19.4. The number of imide groups is 1. The van der Waals surface area contributed by atoms with Gasteiger partial charge in [0.25, 0.3) is 17.6 Å². The topological polar surface area (TPSA) is 112 Å². The number of benzene rings is 3. The Labute approximate surface area is 242 Å². The van der Waals surface area contributed by atoms with Gasteiger partial charge in [-0.05, 0) is 55.3 Å². The zero-order valence-electron chi connectivity index (χ0n) is 23.1. The van der Waals surface area contributed by atoms with Crippen LogP contribution in [-0.2, 0) is 6.18 Å². The van der Waals surface area contributed by atoms with Crippen molar-refractivity contribution >= 4 is 28.8 Å². The van der Waals surface area contributed by atoms with Gasteiger partial charge in [-0.2, -0.15) is 13.2 Å². The number of nitrogens with zero attached hydrogens (tertiary/aromatic N) is 1. The molecule has 0 aliphatic carbocycles. The Kier molecular flexibility index (Phi) is 7.70. The highest BCUT2D eigenvalue weighted by Crippen LogP contribution is 2.40. The Morgan fingerprint density at radius 2 is 1.63 bits per heavy atom. The predicted octanol–water partition coefficient (Wildman–Crippen LogP) is 6.47. The molecule has 9 nitrogen and oxygen atoms in total. The fourth-order valence-electron chi connectivity index (χ4n) is 4.53. The second kappa shape index (κ2) is 11.3. The number of para-hydroxylation sites is 2. The van der Waals surface area contributed by atoms with Crippen LogP contribution in [0.3, 0.4) is 0 Å².